The number of anilines is 1. The molecule has 134 valence electrons. The van der Waals surface area contributed by atoms with Crippen molar-refractivity contribution in [1.82, 2.24) is 9.80 Å². The number of nitrogens with zero attached hydrogens (tertiary/aromatic N) is 2. The first-order chi connectivity index (χ1) is 11.0. The second kappa shape index (κ2) is 9.52. The van der Waals surface area contributed by atoms with Gasteiger partial charge in [-0.05, 0) is 38.8 Å². The number of carbonyl (C=O) groups is 2. The molecule has 0 aromatic heterocycles. The van der Waals surface area contributed by atoms with Gasteiger partial charge >= 0.3 is 0 Å². The van der Waals surface area contributed by atoms with E-state index in [9.17, 15) is 9.59 Å². The monoisotopic (exact) mass is 353 g/mol. The van der Waals surface area contributed by atoms with Crippen molar-refractivity contribution in [3.8, 4) is 0 Å². The number of hydrogen-bond donors (Lipinski definition) is 1. The summed E-state index contributed by atoms with van der Waals surface area (Å²) in [6.45, 7) is 5.67. The summed E-state index contributed by atoms with van der Waals surface area (Å²) in [5, 5.41) is 3.14. The second-order valence-corrected chi connectivity index (χ2v) is 6.42. The average Bonchev–Trinajstić information content (AvgIpc) is 2.59. The first-order valence-corrected chi connectivity index (χ1v) is 8.32. The van der Waals surface area contributed by atoms with E-state index in [4.69, 9.17) is 0 Å². The van der Waals surface area contributed by atoms with Crippen molar-refractivity contribution in [2.24, 2.45) is 5.92 Å². The number of piperidine rings is 1. The summed E-state index contributed by atoms with van der Waals surface area (Å²) in [6.07, 6.45) is 1.51. The number of para-hydroxylation sites is 1. The van der Waals surface area contributed by atoms with Gasteiger partial charge in [0.1, 0.15) is 0 Å². The van der Waals surface area contributed by atoms with Gasteiger partial charge in [0.15, 0.2) is 0 Å². The highest BCUT2D eigenvalue weighted by atomic mass is 35.5. The maximum atomic E-state index is 12.3. The Hall–Kier alpha value is -1.75. The standard InChI is InChI=1S/C18H27N3O2.ClH/c1-14(2)20(3)18(23)15-9-11-21(12-10-15)17(22)13-19-16-7-5-4-6-8-16;/h4-8,14-15,19H,9-13H2,1-3H3;1H. The molecule has 0 unspecified atom stereocenters. The fourth-order valence-electron chi connectivity index (χ4n) is 2.76. The highest BCUT2D eigenvalue weighted by Gasteiger charge is 2.29. The maximum Gasteiger partial charge on any atom is 0.241 e. The number of benzene rings is 1. The second-order valence-electron chi connectivity index (χ2n) is 6.42. The van der Waals surface area contributed by atoms with E-state index in [0.29, 0.717) is 19.6 Å². The topological polar surface area (TPSA) is 52.7 Å². The third-order valence-corrected chi connectivity index (χ3v) is 4.54. The lowest BCUT2D eigenvalue weighted by Crippen LogP contribution is -2.46. The molecular weight excluding hydrogens is 326 g/mol. The minimum Gasteiger partial charge on any atom is -0.376 e. The van der Waals surface area contributed by atoms with Crippen LogP contribution in [0.25, 0.3) is 0 Å². The van der Waals surface area contributed by atoms with Gasteiger partial charge in [0.2, 0.25) is 11.8 Å². The van der Waals surface area contributed by atoms with Crippen LogP contribution in [0.3, 0.4) is 0 Å². The van der Waals surface area contributed by atoms with Crippen molar-refractivity contribution in [3.05, 3.63) is 30.3 Å². The first-order valence-electron chi connectivity index (χ1n) is 8.32. The van der Waals surface area contributed by atoms with Crippen molar-refractivity contribution >= 4 is 29.9 Å². The average molecular weight is 354 g/mol. The van der Waals surface area contributed by atoms with Crippen LogP contribution in [0.15, 0.2) is 30.3 Å². The molecule has 1 aliphatic rings. The molecule has 1 heterocycles. The summed E-state index contributed by atoms with van der Waals surface area (Å²) in [5.41, 5.74) is 0.949. The fourth-order valence-corrected chi connectivity index (χ4v) is 2.76. The Balaban J connectivity index is 0.00000288. The summed E-state index contributed by atoms with van der Waals surface area (Å²) >= 11 is 0. The summed E-state index contributed by atoms with van der Waals surface area (Å²) in [5.74, 6) is 0.347. The van der Waals surface area contributed by atoms with Gasteiger partial charge in [-0.1, -0.05) is 18.2 Å². The van der Waals surface area contributed by atoms with E-state index in [0.717, 1.165) is 18.5 Å². The first kappa shape index (κ1) is 20.3. The van der Waals surface area contributed by atoms with E-state index >= 15 is 0 Å². The summed E-state index contributed by atoms with van der Waals surface area (Å²) in [7, 11) is 1.86. The van der Waals surface area contributed by atoms with Crippen LogP contribution in [-0.2, 0) is 9.59 Å². The largest absolute Gasteiger partial charge is 0.376 e. The van der Waals surface area contributed by atoms with E-state index in [1.54, 1.807) is 4.90 Å². The number of amides is 2. The molecular formula is C18H28ClN3O2. The molecule has 1 saturated heterocycles. The third kappa shape index (κ3) is 5.41. The quantitative estimate of drug-likeness (QED) is 0.885. The number of halogens is 1. The van der Waals surface area contributed by atoms with Crippen LogP contribution in [0.2, 0.25) is 0 Å². The van der Waals surface area contributed by atoms with E-state index in [1.807, 2.05) is 56.1 Å². The molecule has 5 nitrogen and oxygen atoms in total. The molecule has 1 aliphatic heterocycles. The van der Waals surface area contributed by atoms with E-state index in [1.165, 1.54) is 0 Å². The highest BCUT2D eigenvalue weighted by molar-refractivity contribution is 5.85. The summed E-state index contributed by atoms with van der Waals surface area (Å²) < 4.78 is 0. The van der Waals surface area contributed by atoms with Gasteiger partial charge in [-0.15, -0.1) is 12.4 Å². The molecule has 0 radical (unpaired) electrons. The minimum atomic E-state index is 0. The predicted molar refractivity (Wildman–Crippen MR) is 99.4 cm³/mol. The van der Waals surface area contributed by atoms with E-state index < -0.39 is 0 Å². The molecule has 24 heavy (non-hydrogen) atoms. The zero-order valence-corrected chi connectivity index (χ0v) is 15.5. The molecule has 1 aromatic rings. The number of carbonyl (C=O) groups excluding carboxylic acids is 2. The lowest BCUT2D eigenvalue weighted by atomic mass is 9.95. The van der Waals surface area contributed by atoms with Gasteiger partial charge < -0.3 is 15.1 Å². The number of hydrogen-bond acceptors (Lipinski definition) is 3. The zero-order valence-electron chi connectivity index (χ0n) is 14.7. The molecule has 1 aromatic carbocycles. The van der Waals surface area contributed by atoms with Crippen LogP contribution in [0, 0.1) is 5.92 Å². The molecule has 0 aliphatic carbocycles. The number of likely N-dealkylation sites (tertiary alicyclic amines) is 1. The molecule has 2 amide bonds. The Morgan fingerprint density at radius 1 is 1.21 bits per heavy atom. The minimum absolute atomic E-state index is 0. The maximum absolute atomic E-state index is 12.3. The van der Waals surface area contributed by atoms with Crippen molar-refractivity contribution in [3.63, 3.8) is 0 Å². The lowest BCUT2D eigenvalue weighted by Gasteiger charge is -2.34. The summed E-state index contributed by atoms with van der Waals surface area (Å²) in [6, 6.07) is 9.94. The SMILES string of the molecule is CC(C)N(C)C(=O)C1CCN(C(=O)CNc2ccccc2)CC1.Cl. The van der Waals surface area contributed by atoms with Crippen LogP contribution in [-0.4, -0.2) is 54.3 Å². The predicted octanol–water partition coefficient (Wildman–Crippen LogP) is 2.63. The van der Waals surface area contributed by atoms with Gasteiger partial charge in [-0.25, -0.2) is 0 Å². The molecule has 1 fully saturated rings. The summed E-state index contributed by atoms with van der Waals surface area (Å²) in [4.78, 5) is 28.3. The Kier molecular flexibility index (Phi) is 8.05. The zero-order chi connectivity index (χ0) is 16.8. The normalized spacial score (nSPS) is 14.9. The van der Waals surface area contributed by atoms with Crippen molar-refractivity contribution < 1.29 is 9.59 Å². The highest BCUT2D eigenvalue weighted by Crippen LogP contribution is 2.20. The Bertz CT molecular complexity index is 528. The Morgan fingerprint density at radius 3 is 2.33 bits per heavy atom. The van der Waals surface area contributed by atoms with Gasteiger partial charge in [0.05, 0.1) is 6.54 Å². The van der Waals surface area contributed by atoms with Crippen molar-refractivity contribution in [2.45, 2.75) is 32.7 Å². The Morgan fingerprint density at radius 2 is 1.79 bits per heavy atom. The van der Waals surface area contributed by atoms with Crippen LogP contribution >= 0.6 is 12.4 Å². The van der Waals surface area contributed by atoms with Crippen molar-refractivity contribution in [2.75, 3.05) is 32.0 Å². The van der Waals surface area contributed by atoms with E-state index in [-0.39, 0.29) is 36.2 Å². The number of nitrogens with one attached hydrogen (secondary N) is 1. The smallest absolute Gasteiger partial charge is 0.241 e. The van der Waals surface area contributed by atoms with Crippen LogP contribution in [0.1, 0.15) is 26.7 Å². The van der Waals surface area contributed by atoms with Crippen LogP contribution in [0.4, 0.5) is 5.69 Å². The lowest BCUT2D eigenvalue weighted by molar-refractivity contribution is -0.140. The Labute approximate surface area is 150 Å². The molecule has 0 spiro atoms. The van der Waals surface area contributed by atoms with Gasteiger partial charge in [0.25, 0.3) is 0 Å². The van der Waals surface area contributed by atoms with Crippen molar-refractivity contribution in [1.29, 1.82) is 0 Å². The molecule has 6 heteroatoms. The number of rotatable bonds is 5. The van der Waals surface area contributed by atoms with Gasteiger partial charge in [-0.2, -0.15) is 0 Å². The molecule has 2 rings (SSSR count). The fraction of sp³-hybridized carbons (Fsp3) is 0.556. The van der Waals surface area contributed by atoms with Gasteiger partial charge in [-0.3, -0.25) is 9.59 Å². The third-order valence-electron chi connectivity index (χ3n) is 4.54. The van der Waals surface area contributed by atoms with Gasteiger partial charge in [0, 0.05) is 37.8 Å². The van der Waals surface area contributed by atoms with Crippen LogP contribution < -0.4 is 5.32 Å². The van der Waals surface area contributed by atoms with Crippen LogP contribution in [0.5, 0.6) is 0 Å². The molecule has 0 bridgehead atoms. The molecule has 0 atom stereocenters. The molecule has 0 saturated carbocycles. The van der Waals surface area contributed by atoms with E-state index in [2.05, 4.69) is 5.32 Å². The molecule has 1 N–H and O–H groups in total.